The highest BCUT2D eigenvalue weighted by molar-refractivity contribution is 6.06. The molecule has 2 amide bonds. The van der Waals surface area contributed by atoms with Crippen LogP contribution in [0.5, 0.6) is 11.5 Å². The lowest BCUT2D eigenvalue weighted by Crippen LogP contribution is -2.25. The van der Waals surface area contributed by atoms with Crippen LogP contribution in [0.3, 0.4) is 0 Å². The third-order valence-corrected chi connectivity index (χ3v) is 5.91. The second-order valence-corrected chi connectivity index (χ2v) is 8.20. The zero-order valence-corrected chi connectivity index (χ0v) is 18.5. The van der Waals surface area contributed by atoms with E-state index in [2.05, 4.69) is 15.5 Å². The SMILES string of the molecule is O=C(Nc1n[nH]c2c1CN(C(=O)c1cc3ccccc3o1)C2)c1ccccc1Oc1ccccc1. The van der Waals surface area contributed by atoms with Crippen LogP contribution < -0.4 is 10.1 Å². The number of hydrogen-bond donors (Lipinski definition) is 2. The van der Waals surface area contributed by atoms with Gasteiger partial charge in [-0.1, -0.05) is 48.5 Å². The topological polar surface area (TPSA) is 100 Å². The van der Waals surface area contributed by atoms with E-state index in [1.165, 1.54) is 0 Å². The fourth-order valence-electron chi connectivity index (χ4n) is 4.16. The highest BCUT2D eigenvalue weighted by Gasteiger charge is 2.31. The van der Waals surface area contributed by atoms with Gasteiger partial charge in [0.15, 0.2) is 11.6 Å². The summed E-state index contributed by atoms with van der Waals surface area (Å²) < 4.78 is 11.6. The number of anilines is 1. The number of ether oxygens (including phenoxy) is 1. The van der Waals surface area contributed by atoms with Crippen molar-refractivity contribution in [1.82, 2.24) is 15.1 Å². The molecule has 3 heterocycles. The van der Waals surface area contributed by atoms with Gasteiger partial charge in [0.2, 0.25) is 0 Å². The zero-order valence-electron chi connectivity index (χ0n) is 18.5. The molecular weight excluding hydrogens is 444 g/mol. The Morgan fingerprint density at radius 3 is 2.57 bits per heavy atom. The molecule has 0 saturated heterocycles. The summed E-state index contributed by atoms with van der Waals surface area (Å²) in [6.45, 7) is 0.654. The lowest BCUT2D eigenvalue weighted by atomic mass is 10.2. The molecule has 3 aromatic carbocycles. The van der Waals surface area contributed by atoms with E-state index >= 15 is 0 Å². The zero-order chi connectivity index (χ0) is 23.8. The number of carbonyl (C=O) groups is 2. The van der Waals surface area contributed by atoms with Gasteiger partial charge < -0.3 is 19.4 Å². The van der Waals surface area contributed by atoms with Crippen molar-refractivity contribution in [2.24, 2.45) is 0 Å². The lowest BCUT2D eigenvalue weighted by Gasteiger charge is -2.14. The average Bonchev–Trinajstić information content (AvgIpc) is 3.60. The van der Waals surface area contributed by atoms with E-state index in [4.69, 9.17) is 9.15 Å². The Balaban J connectivity index is 1.19. The molecule has 1 aliphatic heterocycles. The van der Waals surface area contributed by atoms with E-state index in [9.17, 15) is 9.59 Å². The third-order valence-electron chi connectivity index (χ3n) is 5.91. The Bertz CT molecular complexity index is 1520. The van der Waals surface area contributed by atoms with E-state index in [1.54, 1.807) is 29.2 Å². The first-order chi connectivity index (χ1) is 17.2. The van der Waals surface area contributed by atoms with Gasteiger partial charge >= 0.3 is 0 Å². The first kappa shape index (κ1) is 20.7. The Kier molecular flexibility index (Phi) is 5.03. The second kappa shape index (κ2) is 8.49. The van der Waals surface area contributed by atoms with Crippen LogP contribution >= 0.6 is 0 Å². The predicted octanol–water partition coefficient (Wildman–Crippen LogP) is 5.36. The molecule has 0 fully saturated rings. The Hall–Kier alpha value is -4.85. The standard InChI is InChI=1S/C27H20N4O4/c32-26(19-11-5-7-13-23(19)34-18-9-2-1-3-10-18)28-25-20-15-31(16-21(20)29-30-25)27(33)24-14-17-8-4-6-12-22(17)35-24/h1-14H,15-16H2,(H2,28,29,30,32). The van der Waals surface area contributed by atoms with Crippen molar-refractivity contribution < 1.29 is 18.7 Å². The third kappa shape index (κ3) is 3.91. The maximum atomic E-state index is 13.1. The number of H-pyrrole nitrogens is 1. The van der Waals surface area contributed by atoms with E-state index < -0.39 is 0 Å². The molecule has 0 spiro atoms. The van der Waals surface area contributed by atoms with Crippen molar-refractivity contribution in [3.05, 3.63) is 108 Å². The smallest absolute Gasteiger partial charge is 0.290 e. The summed E-state index contributed by atoms with van der Waals surface area (Å²) in [4.78, 5) is 27.8. The maximum Gasteiger partial charge on any atom is 0.290 e. The molecule has 0 aliphatic carbocycles. The molecule has 172 valence electrons. The van der Waals surface area contributed by atoms with Crippen LogP contribution in [0.1, 0.15) is 32.2 Å². The quantitative estimate of drug-likeness (QED) is 0.365. The number of furan rings is 1. The first-order valence-electron chi connectivity index (χ1n) is 11.1. The highest BCUT2D eigenvalue weighted by Crippen LogP contribution is 2.31. The van der Waals surface area contributed by atoms with E-state index in [1.807, 2.05) is 60.7 Å². The van der Waals surface area contributed by atoms with E-state index in [-0.39, 0.29) is 17.6 Å². The van der Waals surface area contributed by atoms with E-state index in [0.29, 0.717) is 41.6 Å². The summed E-state index contributed by atoms with van der Waals surface area (Å²) in [6.07, 6.45) is 0. The summed E-state index contributed by atoms with van der Waals surface area (Å²) in [5.74, 6) is 1.16. The number of nitrogens with zero attached hydrogens (tertiary/aromatic N) is 2. The second-order valence-electron chi connectivity index (χ2n) is 8.20. The number of fused-ring (bicyclic) bond motifs is 2. The Morgan fingerprint density at radius 2 is 1.71 bits per heavy atom. The van der Waals surface area contributed by atoms with E-state index in [0.717, 1.165) is 16.6 Å². The van der Waals surface area contributed by atoms with Crippen LogP contribution in [0.15, 0.2) is 89.3 Å². The van der Waals surface area contributed by atoms with Crippen LogP contribution in [-0.2, 0) is 13.1 Å². The maximum absolute atomic E-state index is 13.1. The molecule has 0 radical (unpaired) electrons. The van der Waals surface area contributed by atoms with Gasteiger partial charge in [0.1, 0.15) is 17.1 Å². The number of rotatable bonds is 5. The van der Waals surface area contributed by atoms with Crippen molar-refractivity contribution >= 4 is 28.6 Å². The fraction of sp³-hybridized carbons (Fsp3) is 0.0741. The normalized spacial score (nSPS) is 12.5. The molecule has 8 heteroatoms. The summed E-state index contributed by atoms with van der Waals surface area (Å²) in [6, 6.07) is 25.5. The molecule has 2 aromatic heterocycles. The molecule has 8 nitrogen and oxygen atoms in total. The number of aromatic amines is 1. The monoisotopic (exact) mass is 464 g/mol. The Morgan fingerprint density at radius 1 is 0.943 bits per heavy atom. The molecule has 6 rings (SSSR count). The summed E-state index contributed by atoms with van der Waals surface area (Å²) in [5.41, 5.74) is 2.59. The highest BCUT2D eigenvalue weighted by atomic mass is 16.5. The van der Waals surface area contributed by atoms with Gasteiger partial charge in [-0.2, -0.15) is 5.10 Å². The molecule has 0 saturated carbocycles. The van der Waals surface area contributed by atoms with Gasteiger partial charge in [0, 0.05) is 10.9 Å². The minimum absolute atomic E-state index is 0.218. The van der Waals surface area contributed by atoms with Crippen LogP contribution in [0.4, 0.5) is 5.82 Å². The lowest BCUT2D eigenvalue weighted by molar-refractivity contribution is 0.0720. The van der Waals surface area contributed by atoms with Crippen LogP contribution in [0.25, 0.3) is 11.0 Å². The number of aromatic nitrogens is 2. The molecule has 2 N–H and O–H groups in total. The van der Waals surface area contributed by atoms with Crippen molar-refractivity contribution in [1.29, 1.82) is 0 Å². The number of carbonyl (C=O) groups excluding carboxylic acids is 2. The minimum Gasteiger partial charge on any atom is -0.457 e. The van der Waals surface area contributed by atoms with Crippen LogP contribution in [0, 0.1) is 0 Å². The first-order valence-corrected chi connectivity index (χ1v) is 11.1. The number of amides is 2. The summed E-state index contributed by atoms with van der Waals surface area (Å²) in [7, 11) is 0. The number of benzene rings is 3. The van der Waals surface area contributed by atoms with Gasteiger partial charge in [0.05, 0.1) is 24.3 Å². The fourth-order valence-corrected chi connectivity index (χ4v) is 4.16. The van der Waals surface area contributed by atoms with Crippen LogP contribution in [0.2, 0.25) is 0 Å². The van der Waals surface area contributed by atoms with Crippen molar-refractivity contribution in [2.75, 3.05) is 5.32 Å². The average molecular weight is 464 g/mol. The van der Waals surface area contributed by atoms with Crippen LogP contribution in [-0.4, -0.2) is 26.9 Å². The molecule has 0 unspecified atom stereocenters. The molecule has 35 heavy (non-hydrogen) atoms. The van der Waals surface area contributed by atoms with Gasteiger partial charge in [-0.05, 0) is 36.4 Å². The van der Waals surface area contributed by atoms with Crippen molar-refractivity contribution in [3.63, 3.8) is 0 Å². The molecular formula is C27H20N4O4. The van der Waals surface area contributed by atoms with Gasteiger partial charge in [-0.25, -0.2) is 0 Å². The minimum atomic E-state index is -0.354. The van der Waals surface area contributed by atoms with Gasteiger partial charge in [-0.15, -0.1) is 0 Å². The summed E-state index contributed by atoms with van der Waals surface area (Å²) >= 11 is 0. The molecule has 0 atom stereocenters. The summed E-state index contributed by atoms with van der Waals surface area (Å²) in [5, 5.41) is 10.9. The molecule has 5 aromatic rings. The molecule has 0 bridgehead atoms. The van der Waals surface area contributed by atoms with Crippen molar-refractivity contribution in [3.8, 4) is 11.5 Å². The largest absolute Gasteiger partial charge is 0.457 e. The number of nitrogens with one attached hydrogen (secondary N) is 2. The number of para-hydroxylation sites is 3. The van der Waals surface area contributed by atoms with Gasteiger partial charge in [0.25, 0.3) is 11.8 Å². The van der Waals surface area contributed by atoms with Gasteiger partial charge in [-0.3, -0.25) is 14.7 Å². The molecule has 1 aliphatic rings. The van der Waals surface area contributed by atoms with Crippen molar-refractivity contribution in [2.45, 2.75) is 13.1 Å². The predicted molar refractivity (Wildman–Crippen MR) is 129 cm³/mol. The Labute approximate surface area is 200 Å². The number of hydrogen-bond acceptors (Lipinski definition) is 5.